The van der Waals surface area contributed by atoms with Gasteiger partial charge in [-0.3, -0.25) is 0 Å². The van der Waals surface area contributed by atoms with Crippen molar-refractivity contribution in [3.05, 3.63) is 46.8 Å². The molecule has 1 aromatic carbocycles. The topological polar surface area (TPSA) is 50.9 Å². The van der Waals surface area contributed by atoms with Crippen molar-refractivity contribution < 1.29 is 5.11 Å². The number of hydrogen-bond acceptors (Lipinski definition) is 3. The molecule has 0 atom stereocenters. The summed E-state index contributed by atoms with van der Waals surface area (Å²) in [6.07, 6.45) is 2.45. The lowest BCUT2D eigenvalue weighted by Crippen LogP contribution is -2.02. The Labute approximate surface area is 101 Å². The van der Waals surface area contributed by atoms with E-state index in [4.69, 9.17) is 5.11 Å². The normalized spacial score (nSPS) is 10.8. The highest BCUT2D eigenvalue weighted by molar-refractivity contribution is 5.30. The fourth-order valence-corrected chi connectivity index (χ4v) is 1.79. The minimum absolute atomic E-state index is 0.113. The molecule has 0 fully saturated rings. The molecule has 0 aliphatic carbocycles. The molecule has 0 bridgehead atoms. The van der Waals surface area contributed by atoms with Crippen LogP contribution in [0.25, 0.3) is 0 Å². The van der Waals surface area contributed by atoms with E-state index in [1.807, 2.05) is 10.9 Å². The third-order valence-electron chi connectivity index (χ3n) is 2.79. The highest BCUT2D eigenvalue weighted by atomic mass is 16.3. The number of aromatic nitrogens is 3. The molecule has 17 heavy (non-hydrogen) atoms. The van der Waals surface area contributed by atoms with Crippen LogP contribution >= 0.6 is 0 Å². The van der Waals surface area contributed by atoms with Crippen molar-refractivity contribution in [1.82, 2.24) is 15.0 Å². The van der Waals surface area contributed by atoms with E-state index in [2.05, 4.69) is 42.4 Å². The van der Waals surface area contributed by atoms with Crippen LogP contribution in [0.4, 0.5) is 0 Å². The van der Waals surface area contributed by atoms with Gasteiger partial charge in [0.2, 0.25) is 0 Å². The van der Waals surface area contributed by atoms with Crippen LogP contribution in [0, 0.1) is 13.8 Å². The monoisotopic (exact) mass is 231 g/mol. The number of nitrogens with zero attached hydrogens (tertiary/aromatic N) is 3. The Morgan fingerprint density at radius 1 is 1.29 bits per heavy atom. The zero-order chi connectivity index (χ0) is 12.3. The molecule has 1 heterocycles. The SMILES string of the molecule is Cc1ccc(C)c(Cn2cc(CCO)nn2)c1. The molecule has 0 radical (unpaired) electrons. The summed E-state index contributed by atoms with van der Waals surface area (Å²) >= 11 is 0. The zero-order valence-corrected chi connectivity index (χ0v) is 10.2. The number of aliphatic hydroxyl groups is 1. The fourth-order valence-electron chi connectivity index (χ4n) is 1.79. The molecule has 90 valence electrons. The van der Waals surface area contributed by atoms with E-state index in [0.717, 1.165) is 12.2 Å². The van der Waals surface area contributed by atoms with Crippen molar-refractivity contribution >= 4 is 0 Å². The number of rotatable bonds is 4. The lowest BCUT2D eigenvalue weighted by atomic mass is 10.1. The third kappa shape index (κ3) is 2.91. The van der Waals surface area contributed by atoms with Gasteiger partial charge in [-0.25, -0.2) is 4.68 Å². The molecule has 0 saturated carbocycles. The summed E-state index contributed by atoms with van der Waals surface area (Å²) < 4.78 is 1.81. The molecule has 0 saturated heterocycles. The second kappa shape index (κ2) is 5.10. The van der Waals surface area contributed by atoms with Crippen LogP contribution in [0.1, 0.15) is 22.4 Å². The summed E-state index contributed by atoms with van der Waals surface area (Å²) in [4.78, 5) is 0. The quantitative estimate of drug-likeness (QED) is 0.867. The standard InChI is InChI=1S/C13H17N3O/c1-10-3-4-11(2)12(7-10)8-16-9-13(5-6-17)14-15-16/h3-4,7,9,17H,5-6,8H2,1-2H3. The van der Waals surface area contributed by atoms with Crippen LogP contribution in [0.15, 0.2) is 24.4 Å². The number of hydrogen-bond donors (Lipinski definition) is 1. The fraction of sp³-hybridized carbons (Fsp3) is 0.385. The molecule has 4 nitrogen and oxygen atoms in total. The Hall–Kier alpha value is -1.68. The van der Waals surface area contributed by atoms with Crippen molar-refractivity contribution in [2.45, 2.75) is 26.8 Å². The first-order valence-electron chi connectivity index (χ1n) is 5.75. The van der Waals surface area contributed by atoms with Crippen LogP contribution in [-0.4, -0.2) is 26.7 Å². The smallest absolute Gasteiger partial charge is 0.0850 e. The van der Waals surface area contributed by atoms with Crippen molar-refractivity contribution in [1.29, 1.82) is 0 Å². The molecule has 0 aliphatic heterocycles. The summed E-state index contributed by atoms with van der Waals surface area (Å²) in [6.45, 7) is 5.02. The molecule has 0 spiro atoms. The molecule has 4 heteroatoms. The van der Waals surface area contributed by atoms with Gasteiger partial charge in [0.15, 0.2) is 0 Å². The lowest BCUT2D eigenvalue weighted by molar-refractivity contribution is 0.298. The minimum atomic E-state index is 0.113. The van der Waals surface area contributed by atoms with E-state index >= 15 is 0 Å². The summed E-state index contributed by atoms with van der Waals surface area (Å²) in [7, 11) is 0. The first kappa shape index (κ1) is 11.8. The molecule has 2 rings (SSSR count). The Morgan fingerprint density at radius 3 is 2.88 bits per heavy atom. The van der Waals surface area contributed by atoms with Crippen molar-refractivity contribution in [3.8, 4) is 0 Å². The number of aryl methyl sites for hydroxylation is 2. The van der Waals surface area contributed by atoms with E-state index in [1.165, 1.54) is 16.7 Å². The van der Waals surface area contributed by atoms with Crippen LogP contribution in [-0.2, 0) is 13.0 Å². The van der Waals surface area contributed by atoms with Gasteiger partial charge in [0.1, 0.15) is 0 Å². The van der Waals surface area contributed by atoms with E-state index in [-0.39, 0.29) is 6.61 Å². The van der Waals surface area contributed by atoms with Gasteiger partial charge in [-0.2, -0.15) is 0 Å². The Balaban J connectivity index is 2.16. The second-order valence-corrected chi connectivity index (χ2v) is 4.31. The zero-order valence-electron chi connectivity index (χ0n) is 10.2. The average Bonchev–Trinajstić information content (AvgIpc) is 2.72. The van der Waals surface area contributed by atoms with Gasteiger partial charge in [0, 0.05) is 19.2 Å². The Kier molecular flexibility index (Phi) is 3.54. The molecule has 0 amide bonds. The Bertz CT molecular complexity index is 505. The van der Waals surface area contributed by atoms with E-state index < -0.39 is 0 Å². The van der Waals surface area contributed by atoms with Gasteiger partial charge < -0.3 is 5.11 Å². The molecule has 1 aromatic heterocycles. The molecular formula is C13H17N3O. The number of benzene rings is 1. The second-order valence-electron chi connectivity index (χ2n) is 4.31. The summed E-state index contributed by atoms with van der Waals surface area (Å²) in [5.41, 5.74) is 4.60. The Morgan fingerprint density at radius 2 is 2.12 bits per heavy atom. The molecule has 2 aromatic rings. The summed E-state index contributed by atoms with van der Waals surface area (Å²) in [6, 6.07) is 6.40. The maximum absolute atomic E-state index is 8.82. The molecular weight excluding hydrogens is 214 g/mol. The first-order chi connectivity index (χ1) is 8.19. The van der Waals surface area contributed by atoms with Crippen LogP contribution in [0.3, 0.4) is 0 Å². The van der Waals surface area contributed by atoms with E-state index in [0.29, 0.717) is 6.42 Å². The largest absolute Gasteiger partial charge is 0.396 e. The van der Waals surface area contributed by atoms with Gasteiger partial charge in [-0.1, -0.05) is 29.0 Å². The van der Waals surface area contributed by atoms with Crippen LogP contribution < -0.4 is 0 Å². The van der Waals surface area contributed by atoms with E-state index in [9.17, 15) is 0 Å². The average molecular weight is 231 g/mol. The minimum Gasteiger partial charge on any atom is -0.396 e. The lowest BCUT2D eigenvalue weighted by Gasteiger charge is -2.06. The highest BCUT2D eigenvalue weighted by Crippen LogP contribution is 2.12. The predicted molar refractivity (Wildman–Crippen MR) is 65.8 cm³/mol. The predicted octanol–water partition coefficient (Wildman–Crippen LogP) is 1.48. The third-order valence-corrected chi connectivity index (χ3v) is 2.79. The summed E-state index contributed by atoms with van der Waals surface area (Å²) in [5.74, 6) is 0. The maximum atomic E-state index is 8.82. The van der Waals surface area contributed by atoms with Crippen LogP contribution in [0.2, 0.25) is 0 Å². The van der Waals surface area contributed by atoms with Gasteiger partial charge in [-0.05, 0) is 25.0 Å². The molecule has 1 N–H and O–H groups in total. The van der Waals surface area contributed by atoms with Crippen molar-refractivity contribution in [3.63, 3.8) is 0 Å². The van der Waals surface area contributed by atoms with Gasteiger partial charge in [0.05, 0.1) is 12.2 Å². The van der Waals surface area contributed by atoms with Crippen molar-refractivity contribution in [2.24, 2.45) is 0 Å². The maximum Gasteiger partial charge on any atom is 0.0850 e. The first-order valence-corrected chi connectivity index (χ1v) is 5.75. The number of aliphatic hydroxyl groups excluding tert-OH is 1. The summed E-state index contributed by atoms with van der Waals surface area (Å²) in [5, 5.41) is 16.9. The van der Waals surface area contributed by atoms with Crippen molar-refractivity contribution in [2.75, 3.05) is 6.61 Å². The molecule has 0 aliphatic rings. The van der Waals surface area contributed by atoms with Gasteiger partial charge in [-0.15, -0.1) is 5.10 Å². The van der Waals surface area contributed by atoms with Crippen LogP contribution in [0.5, 0.6) is 0 Å². The molecule has 0 unspecified atom stereocenters. The van der Waals surface area contributed by atoms with E-state index in [1.54, 1.807) is 0 Å². The van der Waals surface area contributed by atoms with Gasteiger partial charge >= 0.3 is 0 Å². The highest BCUT2D eigenvalue weighted by Gasteiger charge is 2.03. The van der Waals surface area contributed by atoms with Gasteiger partial charge in [0.25, 0.3) is 0 Å².